The van der Waals surface area contributed by atoms with Crippen LogP contribution in [0.25, 0.3) is 0 Å². The maximum atomic E-state index is 13.1. The van der Waals surface area contributed by atoms with Gasteiger partial charge in [-0.15, -0.1) is 0 Å². The van der Waals surface area contributed by atoms with E-state index >= 15 is 0 Å². The zero-order chi connectivity index (χ0) is 76.0. The highest BCUT2D eigenvalue weighted by atomic mass is 31.2. The first-order valence-corrected chi connectivity index (χ1v) is 43.8. The Morgan fingerprint density at radius 2 is 0.519 bits per heavy atom. The molecule has 0 aliphatic rings. The van der Waals surface area contributed by atoms with Crippen molar-refractivity contribution < 1.29 is 80.2 Å². The first-order valence-electron chi connectivity index (χ1n) is 40.8. The minimum atomic E-state index is -5.00. The van der Waals surface area contributed by atoms with Crippen molar-refractivity contribution >= 4 is 39.5 Å². The number of rotatable bonds is 76. The second-order valence-corrected chi connectivity index (χ2v) is 29.9. The standard InChI is InChI=1S/C85H146O17P2/c1-5-9-13-17-21-25-29-33-37-38-39-40-44-48-52-56-60-64-68-72-85(90)102-81(76-96-83(88)70-66-62-58-54-50-46-42-35-31-27-23-19-15-11-7-3)78-100-104(93,94)98-74-79(86)73-97-103(91,92)99-77-80(101-84(89)71-67-63-59-55-51-47-43-36-32-28-24-20-16-12-8-4)75-95-82(87)69-65-61-57-53-49-45-41-34-30-26-22-18-14-10-6-2/h9,13,21,23,25-28,30,32-33,35,37,39-40,42,48,52,60,64,79-81,86H,5-8,10-12,14-20,22,24,29,31,34,36,38,41,43-47,49-51,53-59,61-63,65-78H2,1-4H3,(H,91,92)(H,93,94)/b13-9-,25-21-,27-23-,30-26-,32-28-,37-33-,40-39-,42-35-,52-48-,64-60-/t79-,80+,81+/m0/s1. The van der Waals surface area contributed by atoms with Gasteiger partial charge in [0.25, 0.3) is 0 Å². The number of hydrogen-bond donors (Lipinski definition) is 3. The highest BCUT2D eigenvalue weighted by Gasteiger charge is 2.30. The number of allylic oxidation sites excluding steroid dienone is 20. The van der Waals surface area contributed by atoms with Gasteiger partial charge in [0.2, 0.25) is 0 Å². The fourth-order valence-electron chi connectivity index (χ4n) is 10.7. The van der Waals surface area contributed by atoms with Crippen molar-refractivity contribution in [3.05, 3.63) is 122 Å². The maximum absolute atomic E-state index is 13.1. The number of carbonyl (C=O) groups excluding carboxylic acids is 4. The number of phosphoric acid groups is 2. The number of unbranched alkanes of at least 4 members (excludes halogenated alkanes) is 30. The molecule has 2 unspecified atom stereocenters. The first kappa shape index (κ1) is 99.5. The van der Waals surface area contributed by atoms with Crippen LogP contribution >= 0.6 is 15.6 Å². The van der Waals surface area contributed by atoms with Gasteiger partial charge in [-0.3, -0.25) is 37.3 Å². The summed E-state index contributed by atoms with van der Waals surface area (Å²) in [5.41, 5.74) is 0. The van der Waals surface area contributed by atoms with Crippen LogP contribution in [0, 0.1) is 0 Å². The Kier molecular flexibility index (Phi) is 73.3. The molecule has 0 heterocycles. The van der Waals surface area contributed by atoms with Gasteiger partial charge in [-0.25, -0.2) is 9.13 Å². The summed E-state index contributed by atoms with van der Waals surface area (Å²) < 4.78 is 68.6. The van der Waals surface area contributed by atoms with Gasteiger partial charge in [-0.2, -0.15) is 0 Å². The van der Waals surface area contributed by atoms with Crippen LogP contribution in [0.5, 0.6) is 0 Å². The fraction of sp³-hybridized carbons (Fsp3) is 0.718. The van der Waals surface area contributed by atoms with Crippen LogP contribution in [0.1, 0.15) is 336 Å². The Hall–Kier alpha value is -4.54. The van der Waals surface area contributed by atoms with Crippen LogP contribution in [0.4, 0.5) is 0 Å². The van der Waals surface area contributed by atoms with Gasteiger partial charge in [0, 0.05) is 25.7 Å². The molecule has 0 fully saturated rings. The highest BCUT2D eigenvalue weighted by Crippen LogP contribution is 2.45. The minimum Gasteiger partial charge on any atom is -0.462 e. The summed E-state index contributed by atoms with van der Waals surface area (Å²) >= 11 is 0. The minimum absolute atomic E-state index is 0.0352. The lowest BCUT2D eigenvalue weighted by molar-refractivity contribution is -0.161. The van der Waals surface area contributed by atoms with E-state index in [0.29, 0.717) is 32.1 Å². The molecule has 0 aromatic rings. The third-order valence-electron chi connectivity index (χ3n) is 16.9. The molecule has 0 rings (SSSR count). The summed E-state index contributed by atoms with van der Waals surface area (Å²) in [7, 11) is -9.99. The predicted molar refractivity (Wildman–Crippen MR) is 427 cm³/mol. The second kappa shape index (κ2) is 76.6. The van der Waals surface area contributed by atoms with E-state index in [9.17, 15) is 43.2 Å². The van der Waals surface area contributed by atoms with Crippen LogP contribution in [0.2, 0.25) is 0 Å². The van der Waals surface area contributed by atoms with Crippen LogP contribution in [-0.2, 0) is 65.4 Å². The topological polar surface area (TPSA) is 237 Å². The van der Waals surface area contributed by atoms with E-state index < -0.39 is 97.5 Å². The Morgan fingerprint density at radius 1 is 0.279 bits per heavy atom. The van der Waals surface area contributed by atoms with Crippen molar-refractivity contribution in [2.45, 2.75) is 354 Å². The average molecular weight is 1500 g/mol. The molecule has 104 heavy (non-hydrogen) atoms. The number of aliphatic hydroxyl groups excluding tert-OH is 1. The zero-order valence-electron chi connectivity index (χ0n) is 65.4. The average Bonchev–Trinajstić information content (AvgIpc) is 0.943. The second-order valence-electron chi connectivity index (χ2n) is 27.0. The van der Waals surface area contributed by atoms with Gasteiger partial charge < -0.3 is 33.8 Å². The van der Waals surface area contributed by atoms with E-state index in [1.54, 1.807) is 0 Å². The molecule has 0 aromatic carbocycles. The van der Waals surface area contributed by atoms with Gasteiger partial charge in [-0.05, 0) is 148 Å². The number of carbonyl (C=O) groups is 4. The zero-order valence-corrected chi connectivity index (χ0v) is 67.2. The van der Waals surface area contributed by atoms with Gasteiger partial charge in [0.15, 0.2) is 12.2 Å². The summed E-state index contributed by atoms with van der Waals surface area (Å²) in [6, 6.07) is 0. The first-order chi connectivity index (χ1) is 50.7. The van der Waals surface area contributed by atoms with Crippen molar-refractivity contribution in [1.29, 1.82) is 0 Å². The van der Waals surface area contributed by atoms with Crippen LogP contribution < -0.4 is 0 Å². The van der Waals surface area contributed by atoms with Gasteiger partial charge in [0.1, 0.15) is 19.3 Å². The molecule has 0 aliphatic carbocycles. The molecule has 0 radical (unpaired) electrons. The van der Waals surface area contributed by atoms with Crippen molar-refractivity contribution in [3.63, 3.8) is 0 Å². The predicted octanol–water partition coefficient (Wildman–Crippen LogP) is 23.9. The lowest BCUT2D eigenvalue weighted by atomic mass is 10.1. The molecule has 3 N–H and O–H groups in total. The van der Waals surface area contributed by atoms with Gasteiger partial charge >= 0.3 is 39.5 Å². The van der Waals surface area contributed by atoms with Crippen LogP contribution in [0.15, 0.2) is 122 Å². The van der Waals surface area contributed by atoms with E-state index in [0.717, 1.165) is 167 Å². The van der Waals surface area contributed by atoms with E-state index in [-0.39, 0.29) is 25.7 Å². The summed E-state index contributed by atoms with van der Waals surface area (Å²) in [5, 5.41) is 10.6. The number of esters is 4. The molecule has 17 nitrogen and oxygen atoms in total. The molecule has 0 aliphatic heterocycles. The van der Waals surface area contributed by atoms with Crippen molar-refractivity contribution in [1.82, 2.24) is 0 Å². The molecule has 0 bridgehead atoms. The molecule has 0 saturated heterocycles. The number of aliphatic hydroxyl groups is 1. The van der Waals surface area contributed by atoms with Gasteiger partial charge in [0.05, 0.1) is 26.4 Å². The molecular weight excluding hydrogens is 1350 g/mol. The molecule has 19 heteroatoms. The van der Waals surface area contributed by atoms with Crippen LogP contribution in [-0.4, -0.2) is 96.7 Å². The maximum Gasteiger partial charge on any atom is 0.472 e. The molecule has 0 saturated carbocycles. The summed E-state index contributed by atoms with van der Waals surface area (Å²) in [5.74, 6) is -2.29. The third-order valence-corrected chi connectivity index (χ3v) is 18.8. The smallest absolute Gasteiger partial charge is 0.462 e. The molecular formula is C85H146O17P2. The molecule has 598 valence electrons. The van der Waals surface area contributed by atoms with Crippen LogP contribution in [0.3, 0.4) is 0 Å². The van der Waals surface area contributed by atoms with Crippen molar-refractivity contribution in [2.24, 2.45) is 0 Å². The molecule has 0 amide bonds. The lowest BCUT2D eigenvalue weighted by Gasteiger charge is -2.21. The Morgan fingerprint density at radius 3 is 0.856 bits per heavy atom. The fourth-order valence-corrected chi connectivity index (χ4v) is 12.3. The van der Waals surface area contributed by atoms with Crippen molar-refractivity contribution in [3.8, 4) is 0 Å². The molecule has 0 spiro atoms. The normalized spacial score (nSPS) is 14.5. The van der Waals surface area contributed by atoms with E-state index in [2.05, 4.69) is 131 Å². The number of phosphoric ester groups is 2. The lowest BCUT2D eigenvalue weighted by Crippen LogP contribution is -2.30. The Balaban J connectivity index is 5.45. The highest BCUT2D eigenvalue weighted by molar-refractivity contribution is 7.47. The Bertz CT molecular complexity index is 2440. The third kappa shape index (κ3) is 75.7. The molecule has 5 atom stereocenters. The SMILES string of the molecule is CC/C=C\C/C=C\C/C=C\C/C=C\C/C=C\C/C=C\CCC(=O)O[C@H](COC(=O)CCCCCCC/C=C\C/C=C\CCCCC)COP(=O)(O)OC[C@@H](O)COP(=O)(O)OC[C@@H](COC(=O)CCCCCCCCC/C=C\CCCCCC)OC(=O)CCCCCCCCC/C=C\CCCCCC. The quantitative estimate of drug-likeness (QED) is 0.0169. The molecule has 0 aromatic heterocycles. The van der Waals surface area contributed by atoms with E-state index in [4.69, 9.17) is 37.0 Å². The largest absolute Gasteiger partial charge is 0.472 e. The van der Waals surface area contributed by atoms with E-state index in [1.165, 1.54) is 83.5 Å². The van der Waals surface area contributed by atoms with Crippen molar-refractivity contribution in [2.75, 3.05) is 39.6 Å². The van der Waals surface area contributed by atoms with Gasteiger partial charge in [-0.1, -0.05) is 284 Å². The summed E-state index contributed by atoms with van der Waals surface area (Å²) in [4.78, 5) is 73.0. The Labute approximate surface area is 632 Å². The monoisotopic (exact) mass is 1500 g/mol. The summed E-state index contributed by atoms with van der Waals surface area (Å²) in [6.07, 6.45) is 84.7. The number of ether oxygens (including phenoxy) is 4. The number of hydrogen-bond acceptors (Lipinski definition) is 15. The van der Waals surface area contributed by atoms with E-state index in [1.807, 2.05) is 18.2 Å². The summed E-state index contributed by atoms with van der Waals surface area (Å²) in [6.45, 7) is 4.63.